The monoisotopic (exact) mass is 275 g/mol. The van der Waals surface area contributed by atoms with Crippen LogP contribution < -0.4 is 5.32 Å². The Morgan fingerprint density at radius 2 is 1.60 bits per heavy atom. The Labute approximate surface area is 123 Å². The van der Waals surface area contributed by atoms with Crippen molar-refractivity contribution in [2.75, 3.05) is 26.2 Å². The molecular weight excluding hydrogens is 246 g/mol. The summed E-state index contributed by atoms with van der Waals surface area (Å²) in [5.41, 5.74) is -0.194. The molecule has 0 aromatic heterocycles. The molecule has 4 fully saturated rings. The van der Waals surface area contributed by atoms with Gasteiger partial charge in [-0.15, -0.1) is 0 Å². The zero-order valence-corrected chi connectivity index (χ0v) is 13.1. The van der Waals surface area contributed by atoms with Gasteiger partial charge in [-0.1, -0.05) is 13.8 Å². The van der Waals surface area contributed by atoms with Crippen LogP contribution in [0.4, 0.5) is 0 Å². The van der Waals surface area contributed by atoms with Crippen molar-refractivity contribution in [1.82, 2.24) is 10.2 Å². The smallest absolute Gasteiger partial charge is 0.112 e. The lowest BCUT2D eigenvalue weighted by Crippen LogP contribution is -2.64. The van der Waals surface area contributed by atoms with Gasteiger partial charge in [0.2, 0.25) is 0 Å². The number of nitriles is 1. The molecule has 3 heteroatoms. The highest BCUT2D eigenvalue weighted by molar-refractivity contribution is 5.21. The van der Waals surface area contributed by atoms with Crippen LogP contribution in [0.5, 0.6) is 0 Å². The van der Waals surface area contributed by atoms with Crippen LogP contribution in [-0.2, 0) is 0 Å². The molecule has 0 unspecified atom stereocenters. The molecule has 20 heavy (non-hydrogen) atoms. The Morgan fingerprint density at radius 3 is 2.05 bits per heavy atom. The molecule has 0 saturated heterocycles. The topological polar surface area (TPSA) is 39.1 Å². The summed E-state index contributed by atoms with van der Waals surface area (Å²) in [6.45, 7) is 8.68. The van der Waals surface area contributed by atoms with Crippen LogP contribution in [0, 0.1) is 35.0 Å². The van der Waals surface area contributed by atoms with Crippen molar-refractivity contribution in [3.05, 3.63) is 0 Å². The van der Waals surface area contributed by atoms with Gasteiger partial charge in [0.15, 0.2) is 0 Å². The van der Waals surface area contributed by atoms with E-state index in [1.54, 1.807) is 0 Å². The Morgan fingerprint density at radius 1 is 1.05 bits per heavy atom. The van der Waals surface area contributed by atoms with Crippen LogP contribution in [-0.4, -0.2) is 36.6 Å². The predicted molar refractivity (Wildman–Crippen MR) is 81.2 cm³/mol. The van der Waals surface area contributed by atoms with Gasteiger partial charge in [-0.25, -0.2) is 0 Å². The first-order valence-electron chi connectivity index (χ1n) is 8.60. The fourth-order valence-electron chi connectivity index (χ4n) is 5.40. The Balaban J connectivity index is 1.65. The van der Waals surface area contributed by atoms with E-state index in [1.807, 2.05) is 0 Å². The molecule has 0 aromatic carbocycles. The minimum atomic E-state index is -0.194. The molecule has 1 N–H and O–H groups in total. The highest BCUT2D eigenvalue weighted by Gasteiger charge is 2.57. The van der Waals surface area contributed by atoms with Crippen molar-refractivity contribution in [2.24, 2.45) is 23.7 Å². The number of hydrogen-bond acceptors (Lipinski definition) is 3. The Hall–Kier alpha value is -0.590. The number of nitrogens with zero attached hydrogens (tertiary/aromatic N) is 2. The summed E-state index contributed by atoms with van der Waals surface area (Å²) < 4.78 is 0. The van der Waals surface area contributed by atoms with Gasteiger partial charge in [0.25, 0.3) is 0 Å². The fourth-order valence-corrected chi connectivity index (χ4v) is 5.40. The van der Waals surface area contributed by atoms with E-state index in [4.69, 9.17) is 0 Å². The van der Waals surface area contributed by atoms with Crippen LogP contribution in [0.15, 0.2) is 0 Å². The van der Waals surface area contributed by atoms with E-state index in [9.17, 15) is 5.26 Å². The van der Waals surface area contributed by atoms with E-state index in [0.717, 1.165) is 38.0 Å². The number of nitrogens with one attached hydrogen (secondary N) is 1. The van der Waals surface area contributed by atoms with E-state index in [-0.39, 0.29) is 5.54 Å². The lowest BCUT2D eigenvalue weighted by Gasteiger charge is -2.58. The van der Waals surface area contributed by atoms with Gasteiger partial charge in [-0.2, -0.15) is 5.26 Å². The van der Waals surface area contributed by atoms with Crippen LogP contribution in [0.1, 0.15) is 46.0 Å². The van der Waals surface area contributed by atoms with Gasteiger partial charge < -0.3 is 4.90 Å². The quantitative estimate of drug-likeness (QED) is 0.810. The SMILES string of the molecule is CCN(CC)CCNC1(C#N)C2CC3CC(C2)CC1C3. The summed E-state index contributed by atoms with van der Waals surface area (Å²) in [5, 5.41) is 13.6. The third-order valence-corrected chi connectivity index (χ3v) is 6.35. The largest absolute Gasteiger partial charge is 0.303 e. The van der Waals surface area contributed by atoms with Gasteiger partial charge in [0.1, 0.15) is 5.54 Å². The maximum Gasteiger partial charge on any atom is 0.112 e. The maximum absolute atomic E-state index is 9.90. The number of hydrogen-bond donors (Lipinski definition) is 1. The van der Waals surface area contributed by atoms with Gasteiger partial charge in [-0.05, 0) is 68.9 Å². The highest BCUT2D eigenvalue weighted by atomic mass is 15.1. The molecule has 0 radical (unpaired) electrons. The Kier molecular flexibility index (Phi) is 4.06. The lowest BCUT2D eigenvalue weighted by atomic mass is 9.49. The molecule has 0 atom stereocenters. The molecule has 3 nitrogen and oxygen atoms in total. The molecule has 0 amide bonds. The van der Waals surface area contributed by atoms with Gasteiger partial charge in [-0.3, -0.25) is 5.32 Å². The van der Waals surface area contributed by atoms with E-state index in [2.05, 4.69) is 30.1 Å². The highest BCUT2D eigenvalue weighted by Crippen LogP contribution is 2.57. The molecule has 4 aliphatic carbocycles. The minimum absolute atomic E-state index is 0.194. The first-order valence-corrected chi connectivity index (χ1v) is 8.60. The average Bonchev–Trinajstić information content (AvgIpc) is 2.46. The summed E-state index contributed by atoms with van der Waals surface area (Å²) in [5.74, 6) is 3.12. The summed E-state index contributed by atoms with van der Waals surface area (Å²) in [6.07, 6.45) is 6.67. The summed E-state index contributed by atoms with van der Waals surface area (Å²) in [4.78, 5) is 2.44. The second-order valence-corrected chi connectivity index (χ2v) is 7.24. The predicted octanol–water partition coefficient (Wildman–Crippen LogP) is 2.64. The average molecular weight is 275 g/mol. The molecule has 0 spiro atoms. The zero-order chi connectivity index (χ0) is 14.2. The number of rotatable bonds is 6. The van der Waals surface area contributed by atoms with Crippen molar-refractivity contribution < 1.29 is 0 Å². The molecule has 4 saturated carbocycles. The molecule has 0 aliphatic heterocycles. The zero-order valence-electron chi connectivity index (χ0n) is 13.1. The standard InChI is InChI=1S/C17H29N3/c1-3-20(4-2)6-5-19-17(12-18)15-8-13-7-14(10-15)11-16(17)9-13/h13-16,19H,3-11H2,1-2H3. The summed E-state index contributed by atoms with van der Waals surface area (Å²) >= 11 is 0. The summed E-state index contributed by atoms with van der Waals surface area (Å²) in [7, 11) is 0. The molecule has 4 rings (SSSR count). The molecule has 0 heterocycles. The van der Waals surface area contributed by atoms with E-state index >= 15 is 0 Å². The first kappa shape index (κ1) is 14.4. The van der Waals surface area contributed by atoms with Gasteiger partial charge in [0, 0.05) is 13.1 Å². The fraction of sp³-hybridized carbons (Fsp3) is 0.941. The Bertz CT molecular complexity index is 352. The maximum atomic E-state index is 9.90. The van der Waals surface area contributed by atoms with Crippen molar-refractivity contribution in [3.63, 3.8) is 0 Å². The molecule has 4 bridgehead atoms. The first-order chi connectivity index (χ1) is 9.71. The van der Waals surface area contributed by atoms with Crippen LogP contribution in [0.3, 0.4) is 0 Å². The lowest BCUT2D eigenvalue weighted by molar-refractivity contribution is -0.0469. The minimum Gasteiger partial charge on any atom is -0.303 e. The van der Waals surface area contributed by atoms with Crippen LogP contribution in [0.2, 0.25) is 0 Å². The van der Waals surface area contributed by atoms with Crippen molar-refractivity contribution in [1.29, 1.82) is 5.26 Å². The van der Waals surface area contributed by atoms with Crippen molar-refractivity contribution in [2.45, 2.75) is 51.5 Å². The molecule has 4 aliphatic rings. The summed E-state index contributed by atoms with van der Waals surface area (Å²) in [6, 6.07) is 2.74. The second kappa shape index (κ2) is 5.66. The third kappa shape index (κ3) is 2.27. The van der Waals surface area contributed by atoms with Crippen molar-refractivity contribution in [3.8, 4) is 6.07 Å². The molecule has 0 aromatic rings. The van der Waals surface area contributed by atoms with Gasteiger partial charge >= 0.3 is 0 Å². The van der Waals surface area contributed by atoms with Crippen LogP contribution >= 0.6 is 0 Å². The number of likely N-dealkylation sites (N-methyl/N-ethyl adjacent to an activating group) is 1. The van der Waals surface area contributed by atoms with Gasteiger partial charge in [0.05, 0.1) is 6.07 Å². The van der Waals surface area contributed by atoms with Crippen molar-refractivity contribution >= 4 is 0 Å². The van der Waals surface area contributed by atoms with E-state index < -0.39 is 0 Å². The molecule has 112 valence electrons. The van der Waals surface area contributed by atoms with E-state index in [1.165, 1.54) is 32.1 Å². The third-order valence-electron chi connectivity index (χ3n) is 6.35. The molecular formula is C17H29N3. The second-order valence-electron chi connectivity index (χ2n) is 7.24. The van der Waals surface area contributed by atoms with E-state index in [0.29, 0.717) is 11.8 Å². The normalized spacial score (nSPS) is 42.1. The van der Waals surface area contributed by atoms with Crippen LogP contribution in [0.25, 0.3) is 0 Å².